The minimum atomic E-state index is 0.142. The number of amides is 1. The van der Waals surface area contributed by atoms with Gasteiger partial charge in [0.1, 0.15) is 0 Å². The monoisotopic (exact) mass is 354 g/mol. The predicted molar refractivity (Wildman–Crippen MR) is 98.9 cm³/mol. The van der Waals surface area contributed by atoms with E-state index in [9.17, 15) is 4.79 Å². The zero-order valence-corrected chi connectivity index (χ0v) is 15.5. The number of carbonyl (C=O) groups excluding carboxylic acids is 1. The van der Waals surface area contributed by atoms with Crippen molar-refractivity contribution in [2.75, 3.05) is 18.4 Å². The molecule has 2 heterocycles. The van der Waals surface area contributed by atoms with E-state index in [0.717, 1.165) is 55.0 Å². The highest BCUT2D eigenvalue weighted by Crippen LogP contribution is 2.34. The fraction of sp³-hybridized carbons (Fsp3) is 0.579. The van der Waals surface area contributed by atoms with Gasteiger partial charge in [-0.15, -0.1) is 5.10 Å². The largest absolute Gasteiger partial charge is 0.377 e. The van der Waals surface area contributed by atoms with Crippen LogP contribution in [-0.2, 0) is 6.54 Å². The van der Waals surface area contributed by atoms with E-state index < -0.39 is 0 Å². The molecule has 1 saturated carbocycles. The minimum absolute atomic E-state index is 0.142. The maximum absolute atomic E-state index is 12.8. The first kappa shape index (κ1) is 17.0. The van der Waals surface area contributed by atoms with Crippen molar-refractivity contribution in [1.29, 1.82) is 0 Å². The Morgan fingerprint density at radius 3 is 2.88 bits per heavy atom. The Hall–Kier alpha value is -2.44. The Kier molecular flexibility index (Phi) is 4.61. The van der Waals surface area contributed by atoms with Crippen LogP contribution in [0.5, 0.6) is 0 Å². The number of tetrazole rings is 1. The van der Waals surface area contributed by atoms with Gasteiger partial charge in [0.05, 0.1) is 12.6 Å². The lowest BCUT2D eigenvalue weighted by molar-refractivity contribution is 0.0683. The molecule has 0 bridgehead atoms. The highest BCUT2D eigenvalue weighted by molar-refractivity contribution is 5.95. The van der Waals surface area contributed by atoms with E-state index in [2.05, 4.69) is 27.8 Å². The number of rotatable bonds is 5. The van der Waals surface area contributed by atoms with E-state index in [1.807, 2.05) is 34.7 Å². The molecule has 1 aromatic carbocycles. The molecule has 0 radical (unpaired) electrons. The van der Waals surface area contributed by atoms with Gasteiger partial charge in [0.25, 0.3) is 5.91 Å². The van der Waals surface area contributed by atoms with Gasteiger partial charge in [-0.1, -0.05) is 6.92 Å². The zero-order valence-electron chi connectivity index (χ0n) is 15.5. The van der Waals surface area contributed by atoms with E-state index in [0.29, 0.717) is 18.5 Å². The van der Waals surface area contributed by atoms with Crippen LogP contribution in [0, 0.1) is 12.8 Å². The summed E-state index contributed by atoms with van der Waals surface area (Å²) in [5.41, 5.74) is 2.84. The smallest absolute Gasteiger partial charge is 0.253 e. The van der Waals surface area contributed by atoms with Crippen LogP contribution in [0.15, 0.2) is 18.2 Å². The summed E-state index contributed by atoms with van der Waals surface area (Å²) in [4.78, 5) is 14.7. The minimum Gasteiger partial charge on any atom is -0.377 e. The molecule has 2 fully saturated rings. The van der Waals surface area contributed by atoms with Crippen LogP contribution in [0.25, 0.3) is 0 Å². The van der Waals surface area contributed by atoms with Crippen LogP contribution in [-0.4, -0.2) is 44.1 Å². The number of anilines is 1. The second-order valence-corrected chi connectivity index (χ2v) is 7.65. The lowest BCUT2D eigenvalue weighted by Gasteiger charge is -2.31. The number of hydrogen-bond acceptors (Lipinski definition) is 5. The second-order valence-electron chi connectivity index (χ2n) is 7.65. The first-order valence-corrected chi connectivity index (χ1v) is 9.52. The molecule has 1 atom stereocenters. The summed E-state index contributed by atoms with van der Waals surface area (Å²) in [7, 11) is 0. The van der Waals surface area contributed by atoms with Crippen molar-refractivity contribution in [1.82, 2.24) is 25.1 Å². The van der Waals surface area contributed by atoms with Gasteiger partial charge in [-0.2, -0.15) is 0 Å². The van der Waals surface area contributed by atoms with Gasteiger partial charge in [0, 0.05) is 24.3 Å². The third-order valence-electron chi connectivity index (χ3n) is 5.31. The van der Waals surface area contributed by atoms with Crippen LogP contribution in [0.4, 0.5) is 5.69 Å². The van der Waals surface area contributed by atoms with Crippen LogP contribution in [0.3, 0.4) is 0 Å². The first-order chi connectivity index (χ1) is 12.6. The highest BCUT2D eigenvalue weighted by atomic mass is 16.2. The number of piperidine rings is 1. The average molecular weight is 354 g/mol. The predicted octanol–water partition coefficient (Wildman–Crippen LogP) is 2.80. The van der Waals surface area contributed by atoms with Gasteiger partial charge in [-0.05, 0) is 72.7 Å². The molecule has 7 nitrogen and oxygen atoms in total. The van der Waals surface area contributed by atoms with E-state index in [4.69, 9.17) is 0 Å². The van der Waals surface area contributed by atoms with E-state index in [1.54, 1.807) is 0 Å². The third kappa shape index (κ3) is 3.57. The quantitative estimate of drug-likeness (QED) is 0.893. The van der Waals surface area contributed by atoms with E-state index >= 15 is 0 Å². The summed E-state index contributed by atoms with van der Waals surface area (Å²) in [6.07, 6.45) is 4.62. The number of aryl methyl sites for hydroxylation is 1. The van der Waals surface area contributed by atoms with Gasteiger partial charge < -0.3 is 10.2 Å². The number of likely N-dealkylation sites (tertiary alicyclic amines) is 1. The van der Waals surface area contributed by atoms with Crippen molar-refractivity contribution < 1.29 is 4.79 Å². The standard InChI is InChI=1S/C19H26N6O/c1-13-4-3-9-24(12-13)19(26)15-5-8-17(14(2)10-15)20-11-18-21-22-23-25(18)16-6-7-16/h5,8,10,13,16,20H,3-4,6-7,9,11-12H2,1-2H3. The normalized spacial score (nSPS) is 20.2. The number of nitrogens with one attached hydrogen (secondary N) is 1. The first-order valence-electron chi connectivity index (χ1n) is 9.52. The molecule has 2 aromatic rings. The molecule has 26 heavy (non-hydrogen) atoms. The third-order valence-corrected chi connectivity index (χ3v) is 5.31. The van der Waals surface area contributed by atoms with Crippen molar-refractivity contribution in [3.8, 4) is 0 Å². The Bertz CT molecular complexity index is 797. The summed E-state index contributed by atoms with van der Waals surface area (Å²) >= 11 is 0. The summed E-state index contributed by atoms with van der Waals surface area (Å²) in [5, 5.41) is 15.4. The number of aromatic nitrogens is 4. The number of benzene rings is 1. The molecule has 1 aliphatic heterocycles. The van der Waals surface area contributed by atoms with Crippen molar-refractivity contribution in [3.05, 3.63) is 35.2 Å². The van der Waals surface area contributed by atoms with Crippen molar-refractivity contribution in [3.63, 3.8) is 0 Å². The number of carbonyl (C=O) groups is 1. The fourth-order valence-electron chi connectivity index (χ4n) is 3.66. The van der Waals surface area contributed by atoms with Gasteiger partial charge in [0.15, 0.2) is 5.82 Å². The molecule has 7 heteroatoms. The second kappa shape index (κ2) is 7.05. The van der Waals surface area contributed by atoms with Crippen LogP contribution < -0.4 is 5.32 Å². The van der Waals surface area contributed by atoms with Gasteiger partial charge in [-0.25, -0.2) is 4.68 Å². The lowest BCUT2D eigenvalue weighted by atomic mass is 9.99. The van der Waals surface area contributed by atoms with Gasteiger partial charge in [-0.3, -0.25) is 4.79 Å². The Labute approximate surface area is 153 Å². The number of hydrogen-bond donors (Lipinski definition) is 1. The maximum Gasteiger partial charge on any atom is 0.253 e. The van der Waals surface area contributed by atoms with Crippen LogP contribution in [0.2, 0.25) is 0 Å². The highest BCUT2D eigenvalue weighted by Gasteiger charge is 2.27. The molecule has 2 aliphatic rings. The summed E-state index contributed by atoms with van der Waals surface area (Å²) in [6.45, 7) is 6.56. The Morgan fingerprint density at radius 2 is 2.15 bits per heavy atom. The zero-order chi connectivity index (χ0) is 18.1. The molecule has 1 N–H and O–H groups in total. The van der Waals surface area contributed by atoms with Crippen molar-refractivity contribution in [2.45, 2.75) is 52.1 Å². The molecular formula is C19H26N6O. The molecule has 1 unspecified atom stereocenters. The summed E-state index contributed by atoms with van der Waals surface area (Å²) < 4.78 is 1.91. The Balaban J connectivity index is 1.42. The molecule has 138 valence electrons. The molecule has 1 aliphatic carbocycles. The molecule has 1 saturated heterocycles. The number of nitrogens with zero attached hydrogens (tertiary/aromatic N) is 5. The average Bonchev–Trinajstić information content (AvgIpc) is 3.38. The molecule has 4 rings (SSSR count). The van der Waals surface area contributed by atoms with E-state index in [-0.39, 0.29) is 5.91 Å². The van der Waals surface area contributed by atoms with Gasteiger partial charge >= 0.3 is 0 Å². The lowest BCUT2D eigenvalue weighted by Crippen LogP contribution is -2.39. The van der Waals surface area contributed by atoms with Crippen LogP contribution in [0.1, 0.15) is 60.4 Å². The topological polar surface area (TPSA) is 75.9 Å². The maximum atomic E-state index is 12.8. The molecular weight excluding hydrogens is 328 g/mol. The van der Waals surface area contributed by atoms with Gasteiger partial charge in [0.2, 0.25) is 0 Å². The van der Waals surface area contributed by atoms with Crippen molar-refractivity contribution >= 4 is 11.6 Å². The van der Waals surface area contributed by atoms with Crippen LogP contribution >= 0.6 is 0 Å². The molecule has 1 aromatic heterocycles. The molecule has 0 spiro atoms. The Morgan fingerprint density at radius 1 is 1.31 bits per heavy atom. The summed E-state index contributed by atoms with van der Waals surface area (Å²) in [6, 6.07) is 6.35. The fourth-order valence-corrected chi connectivity index (χ4v) is 3.66. The SMILES string of the molecule is Cc1cc(C(=O)N2CCCC(C)C2)ccc1NCc1nnnn1C1CC1. The summed E-state index contributed by atoms with van der Waals surface area (Å²) in [5.74, 6) is 1.59. The molecule has 1 amide bonds. The van der Waals surface area contributed by atoms with E-state index in [1.165, 1.54) is 6.42 Å². The van der Waals surface area contributed by atoms with Crippen molar-refractivity contribution in [2.24, 2.45) is 5.92 Å².